The summed E-state index contributed by atoms with van der Waals surface area (Å²) in [5.74, 6) is -0.861. The molecular formula is C17H24N4O2. The van der Waals surface area contributed by atoms with E-state index < -0.39 is 11.8 Å². The van der Waals surface area contributed by atoms with Crippen LogP contribution in [-0.2, 0) is 16.0 Å². The number of nitrogens with zero attached hydrogens (tertiary/aromatic N) is 3. The van der Waals surface area contributed by atoms with Crippen molar-refractivity contribution in [3.63, 3.8) is 0 Å². The van der Waals surface area contributed by atoms with Crippen molar-refractivity contribution in [1.82, 2.24) is 15.1 Å². The largest absolute Gasteiger partial charge is 0.336 e. The number of piperazine rings is 2. The molecule has 0 unspecified atom stereocenters. The first-order valence-corrected chi connectivity index (χ1v) is 8.24. The first-order valence-electron chi connectivity index (χ1n) is 8.24. The minimum absolute atomic E-state index is 0.428. The third-order valence-electron chi connectivity index (χ3n) is 4.58. The Labute approximate surface area is 137 Å². The van der Waals surface area contributed by atoms with Gasteiger partial charge in [-0.3, -0.25) is 9.59 Å². The molecule has 1 N–H and O–H groups in total. The smallest absolute Gasteiger partial charge is 0.316 e. The van der Waals surface area contributed by atoms with Crippen molar-refractivity contribution in [2.45, 2.75) is 6.42 Å². The fraction of sp³-hybridized carbons (Fsp3) is 0.529. The van der Waals surface area contributed by atoms with Gasteiger partial charge in [0.2, 0.25) is 0 Å². The van der Waals surface area contributed by atoms with Crippen LogP contribution in [0.4, 0.5) is 5.69 Å². The van der Waals surface area contributed by atoms with E-state index in [0.717, 1.165) is 44.8 Å². The molecule has 0 saturated carbocycles. The van der Waals surface area contributed by atoms with Crippen LogP contribution in [0.2, 0.25) is 0 Å². The maximum atomic E-state index is 12.2. The lowest BCUT2D eigenvalue weighted by Crippen LogP contribution is -2.53. The van der Waals surface area contributed by atoms with Gasteiger partial charge in [-0.15, -0.1) is 0 Å². The summed E-state index contributed by atoms with van der Waals surface area (Å²) in [5.41, 5.74) is 2.04. The van der Waals surface area contributed by atoms with E-state index >= 15 is 0 Å². The Kier molecular flexibility index (Phi) is 4.93. The van der Waals surface area contributed by atoms with E-state index in [1.807, 2.05) is 18.2 Å². The molecule has 0 aliphatic carbocycles. The lowest BCUT2D eigenvalue weighted by Gasteiger charge is -2.31. The predicted molar refractivity (Wildman–Crippen MR) is 89.4 cm³/mol. The fourth-order valence-corrected chi connectivity index (χ4v) is 3.08. The molecule has 2 heterocycles. The van der Waals surface area contributed by atoms with E-state index in [1.54, 1.807) is 11.9 Å². The Morgan fingerprint density at radius 1 is 1.04 bits per heavy atom. The Morgan fingerprint density at radius 3 is 2.61 bits per heavy atom. The number of hydrogen-bond acceptors (Lipinski definition) is 4. The summed E-state index contributed by atoms with van der Waals surface area (Å²) in [4.78, 5) is 29.5. The Morgan fingerprint density at radius 2 is 1.83 bits per heavy atom. The minimum Gasteiger partial charge on any atom is -0.336 e. The van der Waals surface area contributed by atoms with Gasteiger partial charge < -0.3 is 20.0 Å². The van der Waals surface area contributed by atoms with Gasteiger partial charge >= 0.3 is 11.8 Å². The predicted octanol–water partition coefficient (Wildman–Crippen LogP) is -0.0607. The van der Waals surface area contributed by atoms with Crippen molar-refractivity contribution in [2.75, 3.05) is 57.8 Å². The van der Waals surface area contributed by atoms with Crippen LogP contribution in [-0.4, -0.2) is 74.5 Å². The molecule has 0 bridgehead atoms. The van der Waals surface area contributed by atoms with Crippen molar-refractivity contribution < 1.29 is 9.59 Å². The van der Waals surface area contributed by atoms with Gasteiger partial charge in [0.25, 0.3) is 0 Å². The normalized spacial score (nSPS) is 20.2. The maximum absolute atomic E-state index is 12.2. The molecule has 2 fully saturated rings. The molecule has 2 aliphatic rings. The van der Waals surface area contributed by atoms with Crippen molar-refractivity contribution in [2.24, 2.45) is 0 Å². The summed E-state index contributed by atoms with van der Waals surface area (Å²) in [6.45, 7) is 6.45. The number of likely N-dealkylation sites (N-methyl/N-ethyl adjacent to an activating group) is 1. The number of carbonyl (C=O) groups is 2. The molecule has 0 spiro atoms. The Bertz CT molecular complexity index is 584. The first-order chi connectivity index (χ1) is 11.1. The Hall–Kier alpha value is -1.92. The second-order valence-electron chi connectivity index (χ2n) is 6.20. The molecular weight excluding hydrogens is 292 g/mol. The van der Waals surface area contributed by atoms with Gasteiger partial charge in [-0.05, 0) is 24.1 Å². The number of hydrogen-bond donors (Lipinski definition) is 1. The van der Waals surface area contributed by atoms with Crippen LogP contribution in [0.15, 0.2) is 24.3 Å². The monoisotopic (exact) mass is 316 g/mol. The molecule has 0 atom stereocenters. The molecule has 23 heavy (non-hydrogen) atoms. The maximum Gasteiger partial charge on any atom is 0.316 e. The third kappa shape index (κ3) is 3.71. The third-order valence-corrected chi connectivity index (χ3v) is 4.58. The van der Waals surface area contributed by atoms with E-state index in [1.165, 1.54) is 10.5 Å². The number of anilines is 1. The molecule has 1 aromatic carbocycles. The van der Waals surface area contributed by atoms with E-state index in [0.29, 0.717) is 13.1 Å². The number of amides is 2. The van der Waals surface area contributed by atoms with E-state index in [2.05, 4.69) is 16.3 Å². The van der Waals surface area contributed by atoms with E-state index in [-0.39, 0.29) is 0 Å². The van der Waals surface area contributed by atoms with Crippen molar-refractivity contribution in [3.8, 4) is 0 Å². The van der Waals surface area contributed by atoms with Crippen LogP contribution < -0.4 is 10.2 Å². The topological polar surface area (TPSA) is 55.9 Å². The zero-order chi connectivity index (χ0) is 16.2. The van der Waals surface area contributed by atoms with Crippen LogP contribution in [0.5, 0.6) is 0 Å². The molecule has 2 saturated heterocycles. The van der Waals surface area contributed by atoms with Crippen LogP contribution in [0.1, 0.15) is 5.56 Å². The quantitative estimate of drug-likeness (QED) is 0.791. The van der Waals surface area contributed by atoms with Gasteiger partial charge in [0.15, 0.2) is 0 Å². The molecule has 6 nitrogen and oxygen atoms in total. The Balaban J connectivity index is 1.65. The summed E-state index contributed by atoms with van der Waals surface area (Å²) >= 11 is 0. The van der Waals surface area contributed by atoms with Crippen LogP contribution in [0, 0.1) is 0 Å². The number of rotatable bonds is 4. The highest BCUT2D eigenvalue weighted by molar-refractivity contribution is 6.40. The summed E-state index contributed by atoms with van der Waals surface area (Å²) in [6.07, 6.45) is 0.962. The second-order valence-corrected chi connectivity index (χ2v) is 6.20. The van der Waals surface area contributed by atoms with Gasteiger partial charge in [-0.25, -0.2) is 0 Å². The molecule has 2 aliphatic heterocycles. The zero-order valence-electron chi connectivity index (χ0n) is 13.6. The zero-order valence-corrected chi connectivity index (χ0v) is 13.6. The van der Waals surface area contributed by atoms with E-state index in [4.69, 9.17) is 0 Å². The van der Waals surface area contributed by atoms with Gasteiger partial charge in [-0.2, -0.15) is 0 Å². The SMILES string of the molecule is CN1CCN(c2cccc(CCN3CCNCC3)c2)C(=O)C1=O. The van der Waals surface area contributed by atoms with Crippen LogP contribution >= 0.6 is 0 Å². The summed E-state index contributed by atoms with van der Waals surface area (Å²) in [6, 6.07) is 8.01. The highest BCUT2D eigenvalue weighted by Crippen LogP contribution is 2.19. The van der Waals surface area contributed by atoms with Gasteiger partial charge in [0.1, 0.15) is 0 Å². The standard InChI is InChI=1S/C17H24N4O2/c1-19-11-12-21(17(23)16(19)22)15-4-2-3-14(13-15)5-8-20-9-6-18-7-10-20/h2-4,13,18H,5-12H2,1H3. The lowest BCUT2D eigenvalue weighted by atomic mass is 10.1. The molecule has 1 aromatic rings. The summed E-state index contributed by atoms with van der Waals surface area (Å²) < 4.78 is 0. The van der Waals surface area contributed by atoms with Crippen LogP contribution in [0.25, 0.3) is 0 Å². The van der Waals surface area contributed by atoms with Crippen molar-refractivity contribution in [1.29, 1.82) is 0 Å². The number of nitrogens with one attached hydrogen (secondary N) is 1. The van der Waals surface area contributed by atoms with Crippen LogP contribution in [0.3, 0.4) is 0 Å². The highest BCUT2D eigenvalue weighted by Gasteiger charge is 2.31. The first kappa shape index (κ1) is 16.0. The molecule has 3 rings (SSSR count). The molecule has 124 valence electrons. The minimum atomic E-state index is -0.432. The van der Waals surface area contributed by atoms with E-state index in [9.17, 15) is 9.59 Å². The summed E-state index contributed by atoms with van der Waals surface area (Å²) in [5, 5.41) is 3.36. The highest BCUT2D eigenvalue weighted by atomic mass is 16.2. The van der Waals surface area contributed by atoms with Crippen molar-refractivity contribution in [3.05, 3.63) is 29.8 Å². The van der Waals surface area contributed by atoms with Crippen molar-refractivity contribution >= 4 is 17.5 Å². The fourth-order valence-electron chi connectivity index (χ4n) is 3.08. The molecule has 6 heteroatoms. The second kappa shape index (κ2) is 7.10. The molecule has 0 aromatic heterocycles. The van der Waals surface area contributed by atoms with Gasteiger partial charge in [-0.1, -0.05) is 12.1 Å². The lowest BCUT2D eigenvalue weighted by molar-refractivity contribution is -0.145. The molecule has 0 radical (unpaired) electrons. The van der Waals surface area contributed by atoms with Gasteiger partial charge in [0.05, 0.1) is 0 Å². The summed E-state index contributed by atoms with van der Waals surface area (Å²) in [7, 11) is 1.67. The number of benzene rings is 1. The average Bonchev–Trinajstić information content (AvgIpc) is 2.59. The van der Waals surface area contributed by atoms with Gasteiger partial charge in [0, 0.05) is 58.5 Å². The average molecular weight is 316 g/mol. The molecule has 2 amide bonds. The number of carbonyl (C=O) groups excluding carboxylic acids is 2.